The lowest BCUT2D eigenvalue weighted by atomic mass is 9.98. The fourth-order valence-electron chi connectivity index (χ4n) is 3.18. The van der Waals surface area contributed by atoms with Crippen LogP contribution in [-0.2, 0) is 9.53 Å². The molecule has 3 N–H and O–H groups in total. The largest absolute Gasteiger partial charge is 0.481 e. The Morgan fingerprint density at radius 1 is 1.08 bits per heavy atom. The molecule has 1 aliphatic carbocycles. The number of carbonyl (C=O) groups excluding carboxylic acids is 1. The summed E-state index contributed by atoms with van der Waals surface area (Å²) in [4.78, 5) is 22.7. The van der Waals surface area contributed by atoms with Gasteiger partial charge < -0.3 is 20.3 Å². The van der Waals surface area contributed by atoms with Gasteiger partial charge in [-0.15, -0.1) is 0 Å². The molecular formula is C20H21NO5. The quantitative estimate of drug-likeness (QED) is 0.740. The Kier molecular flexibility index (Phi) is 5.23. The number of rotatable bonds is 6. The summed E-state index contributed by atoms with van der Waals surface area (Å²) in [5.41, 5.74) is 4.51. The van der Waals surface area contributed by atoms with Crippen LogP contribution in [0.5, 0.6) is 0 Å². The first-order valence-electron chi connectivity index (χ1n) is 8.48. The zero-order valence-corrected chi connectivity index (χ0v) is 14.4. The number of amides is 1. The van der Waals surface area contributed by atoms with Gasteiger partial charge in [-0.05, 0) is 29.2 Å². The van der Waals surface area contributed by atoms with Crippen molar-refractivity contribution in [2.75, 3.05) is 13.2 Å². The number of hydrogen-bond donors (Lipinski definition) is 3. The van der Waals surface area contributed by atoms with Gasteiger partial charge in [0, 0.05) is 12.5 Å². The maximum Gasteiger partial charge on any atom is 0.407 e. The fraction of sp³-hybridized carbons (Fsp3) is 0.300. The summed E-state index contributed by atoms with van der Waals surface area (Å²) in [7, 11) is 0. The molecule has 26 heavy (non-hydrogen) atoms. The monoisotopic (exact) mass is 355 g/mol. The minimum atomic E-state index is -1.17. The van der Waals surface area contributed by atoms with E-state index in [1.807, 2.05) is 36.4 Å². The van der Waals surface area contributed by atoms with Crippen LogP contribution in [0.25, 0.3) is 11.1 Å². The molecule has 0 heterocycles. The third-order valence-electron chi connectivity index (χ3n) is 4.77. The number of carbonyl (C=O) groups is 2. The first-order valence-corrected chi connectivity index (χ1v) is 8.48. The van der Waals surface area contributed by atoms with Gasteiger partial charge in [0.05, 0.1) is 12.0 Å². The van der Waals surface area contributed by atoms with E-state index in [2.05, 4.69) is 17.4 Å². The van der Waals surface area contributed by atoms with Crippen LogP contribution in [-0.4, -0.2) is 41.5 Å². The molecule has 6 heteroatoms. The van der Waals surface area contributed by atoms with Crippen LogP contribution < -0.4 is 5.32 Å². The van der Waals surface area contributed by atoms with Crippen molar-refractivity contribution in [1.82, 2.24) is 5.32 Å². The van der Waals surface area contributed by atoms with Gasteiger partial charge in [-0.2, -0.15) is 0 Å². The number of hydrogen-bond acceptors (Lipinski definition) is 4. The maximum absolute atomic E-state index is 11.9. The molecule has 2 aromatic rings. The van der Waals surface area contributed by atoms with E-state index in [-0.39, 0.29) is 19.1 Å². The lowest BCUT2D eigenvalue weighted by Crippen LogP contribution is -2.38. The van der Waals surface area contributed by atoms with Crippen molar-refractivity contribution in [2.24, 2.45) is 5.92 Å². The number of aliphatic carboxylic acids is 1. The summed E-state index contributed by atoms with van der Waals surface area (Å²) in [6, 6.07) is 16.0. The molecule has 2 atom stereocenters. The summed E-state index contributed by atoms with van der Waals surface area (Å²) in [5.74, 6) is -2.13. The Balaban J connectivity index is 1.61. The zero-order valence-electron chi connectivity index (χ0n) is 14.4. The third kappa shape index (κ3) is 3.55. The molecule has 1 aliphatic rings. The van der Waals surface area contributed by atoms with Crippen molar-refractivity contribution in [2.45, 2.75) is 18.9 Å². The van der Waals surface area contributed by atoms with Crippen molar-refractivity contribution in [3.8, 4) is 11.1 Å². The molecule has 0 unspecified atom stereocenters. The average Bonchev–Trinajstić information content (AvgIpc) is 2.97. The van der Waals surface area contributed by atoms with Crippen LogP contribution in [0, 0.1) is 5.92 Å². The number of fused-ring (bicyclic) bond motifs is 3. The van der Waals surface area contributed by atoms with Crippen molar-refractivity contribution < 1.29 is 24.5 Å². The fourth-order valence-corrected chi connectivity index (χ4v) is 3.18. The van der Waals surface area contributed by atoms with Gasteiger partial charge in [0.25, 0.3) is 0 Å². The van der Waals surface area contributed by atoms with Gasteiger partial charge in [-0.3, -0.25) is 4.79 Å². The highest BCUT2D eigenvalue weighted by molar-refractivity contribution is 5.79. The van der Waals surface area contributed by atoms with E-state index in [4.69, 9.17) is 9.84 Å². The molecule has 0 radical (unpaired) electrons. The Bertz CT molecular complexity index is 774. The smallest absolute Gasteiger partial charge is 0.407 e. The molecule has 0 bridgehead atoms. The number of nitrogens with one attached hydrogen (secondary N) is 1. The standard InChI is InChI=1S/C20H21NO5/c1-12(19(23)24)18(22)10-21-20(25)26-11-17-15-8-4-2-6-13(15)14-7-3-5-9-16(14)17/h2-9,12,17-18,22H,10-11H2,1H3,(H,21,25)(H,23,24)/t12-,18-/m0/s1. The molecule has 136 valence electrons. The lowest BCUT2D eigenvalue weighted by molar-refractivity contribution is -0.144. The number of ether oxygens (including phenoxy) is 1. The van der Waals surface area contributed by atoms with Crippen molar-refractivity contribution >= 4 is 12.1 Å². The van der Waals surface area contributed by atoms with Crippen LogP contribution in [0.4, 0.5) is 4.79 Å². The molecule has 1 amide bonds. The van der Waals surface area contributed by atoms with E-state index < -0.39 is 24.1 Å². The topological polar surface area (TPSA) is 95.9 Å². The van der Waals surface area contributed by atoms with Crippen LogP contribution in [0.3, 0.4) is 0 Å². The van der Waals surface area contributed by atoms with E-state index in [1.165, 1.54) is 6.92 Å². The molecule has 0 aromatic heterocycles. The highest BCUT2D eigenvalue weighted by Gasteiger charge is 2.29. The Labute approximate surface area is 151 Å². The lowest BCUT2D eigenvalue weighted by Gasteiger charge is -2.17. The predicted octanol–water partition coefficient (Wildman–Crippen LogP) is 2.61. The summed E-state index contributed by atoms with van der Waals surface area (Å²) in [6.45, 7) is 1.38. The highest BCUT2D eigenvalue weighted by Crippen LogP contribution is 2.44. The van der Waals surface area contributed by atoms with Gasteiger partial charge in [-0.25, -0.2) is 4.79 Å². The third-order valence-corrected chi connectivity index (χ3v) is 4.77. The number of carboxylic acids is 1. The second kappa shape index (κ2) is 7.58. The number of carboxylic acid groups (broad SMARTS) is 1. The Morgan fingerprint density at radius 3 is 2.15 bits per heavy atom. The van der Waals surface area contributed by atoms with Crippen LogP contribution in [0.2, 0.25) is 0 Å². The van der Waals surface area contributed by atoms with Gasteiger partial charge >= 0.3 is 12.1 Å². The van der Waals surface area contributed by atoms with Gasteiger partial charge in [0.15, 0.2) is 0 Å². The SMILES string of the molecule is C[C@H](C(=O)O)[C@@H](O)CNC(=O)OCC1c2ccccc2-c2ccccc21. The van der Waals surface area contributed by atoms with Gasteiger partial charge in [0.1, 0.15) is 6.61 Å². The Hall–Kier alpha value is -2.86. The molecule has 0 fully saturated rings. The summed E-state index contributed by atoms with van der Waals surface area (Å²) in [6.07, 6.45) is -1.85. The first-order chi connectivity index (χ1) is 12.5. The van der Waals surface area contributed by atoms with Crippen LogP contribution >= 0.6 is 0 Å². The minimum Gasteiger partial charge on any atom is -0.481 e. The van der Waals surface area contributed by atoms with E-state index in [9.17, 15) is 14.7 Å². The predicted molar refractivity (Wildman–Crippen MR) is 95.9 cm³/mol. The molecule has 0 spiro atoms. The molecule has 0 aliphatic heterocycles. The van der Waals surface area contributed by atoms with E-state index >= 15 is 0 Å². The molecule has 0 saturated carbocycles. The highest BCUT2D eigenvalue weighted by atomic mass is 16.5. The number of benzene rings is 2. The number of aliphatic hydroxyl groups excluding tert-OH is 1. The maximum atomic E-state index is 11.9. The van der Waals surface area contributed by atoms with Gasteiger partial charge in [0.2, 0.25) is 0 Å². The minimum absolute atomic E-state index is 0.0454. The zero-order chi connectivity index (χ0) is 18.7. The second-order valence-electron chi connectivity index (χ2n) is 6.40. The summed E-state index contributed by atoms with van der Waals surface area (Å²) in [5, 5.41) is 21.0. The number of aliphatic hydroxyl groups is 1. The van der Waals surface area contributed by atoms with Crippen molar-refractivity contribution in [3.05, 3.63) is 59.7 Å². The van der Waals surface area contributed by atoms with Crippen LogP contribution in [0.1, 0.15) is 24.0 Å². The number of alkyl carbamates (subject to hydrolysis) is 1. The van der Waals surface area contributed by atoms with Crippen LogP contribution in [0.15, 0.2) is 48.5 Å². The van der Waals surface area contributed by atoms with Gasteiger partial charge in [-0.1, -0.05) is 48.5 Å². The molecule has 2 aromatic carbocycles. The summed E-state index contributed by atoms with van der Waals surface area (Å²) >= 11 is 0. The molecular weight excluding hydrogens is 334 g/mol. The molecule has 6 nitrogen and oxygen atoms in total. The van der Waals surface area contributed by atoms with E-state index in [0.29, 0.717) is 0 Å². The Morgan fingerprint density at radius 2 is 1.62 bits per heavy atom. The van der Waals surface area contributed by atoms with E-state index in [0.717, 1.165) is 22.3 Å². The van der Waals surface area contributed by atoms with Crippen molar-refractivity contribution in [3.63, 3.8) is 0 Å². The van der Waals surface area contributed by atoms with E-state index in [1.54, 1.807) is 0 Å². The first kappa shape index (κ1) is 17.9. The summed E-state index contributed by atoms with van der Waals surface area (Å²) < 4.78 is 5.32. The molecule has 0 saturated heterocycles. The average molecular weight is 355 g/mol. The second-order valence-corrected chi connectivity index (χ2v) is 6.40. The normalized spacial score (nSPS) is 14.8. The molecule has 3 rings (SSSR count). The van der Waals surface area contributed by atoms with Crippen molar-refractivity contribution in [1.29, 1.82) is 0 Å².